The number of hydrogen-bond acceptors (Lipinski definition) is 3. The highest BCUT2D eigenvalue weighted by molar-refractivity contribution is 6.30. The molecule has 1 amide bonds. The Bertz CT molecular complexity index is 473. The summed E-state index contributed by atoms with van der Waals surface area (Å²) in [4.78, 5) is 18.6. The predicted molar refractivity (Wildman–Crippen MR) is 80.0 cm³/mol. The number of carbonyl (C=O) groups excluding carboxylic acids is 1. The van der Waals surface area contributed by atoms with Gasteiger partial charge in [-0.15, -0.1) is 0 Å². The van der Waals surface area contributed by atoms with Gasteiger partial charge in [-0.25, -0.2) is 4.98 Å². The number of nitrogens with zero attached hydrogens (tertiary/aromatic N) is 2. The molecule has 1 aromatic heterocycles. The van der Waals surface area contributed by atoms with E-state index in [0.29, 0.717) is 5.02 Å². The molecule has 20 heavy (non-hydrogen) atoms. The Morgan fingerprint density at radius 3 is 2.80 bits per heavy atom. The number of aromatic nitrogens is 1. The van der Waals surface area contributed by atoms with Crippen LogP contribution in [0.25, 0.3) is 0 Å². The van der Waals surface area contributed by atoms with Crippen molar-refractivity contribution in [2.24, 2.45) is 5.92 Å². The largest absolute Gasteiger partial charge is 0.355 e. The van der Waals surface area contributed by atoms with Crippen LogP contribution in [-0.4, -0.2) is 30.0 Å². The first-order valence-electron chi connectivity index (χ1n) is 7.39. The predicted octanol–water partition coefficient (Wildman–Crippen LogP) is 2.62. The van der Waals surface area contributed by atoms with Gasteiger partial charge in [-0.2, -0.15) is 0 Å². The summed E-state index contributed by atoms with van der Waals surface area (Å²) in [5.41, 5.74) is 0. The maximum Gasteiger partial charge on any atom is 0.223 e. The Morgan fingerprint density at radius 2 is 2.15 bits per heavy atom. The van der Waals surface area contributed by atoms with Gasteiger partial charge in [0.15, 0.2) is 0 Å². The lowest BCUT2D eigenvalue weighted by molar-refractivity contribution is -0.128. The zero-order valence-electron chi connectivity index (χ0n) is 11.5. The van der Waals surface area contributed by atoms with Gasteiger partial charge in [0.2, 0.25) is 5.91 Å². The maximum atomic E-state index is 12.0. The normalized spacial score (nSPS) is 23.2. The molecular weight excluding hydrogens is 274 g/mol. The van der Waals surface area contributed by atoms with Gasteiger partial charge < -0.3 is 10.2 Å². The summed E-state index contributed by atoms with van der Waals surface area (Å²) in [6.45, 7) is 1.83. The second-order valence-corrected chi connectivity index (χ2v) is 6.19. The fourth-order valence-electron chi connectivity index (χ4n) is 2.85. The van der Waals surface area contributed by atoms with Crippen molar-refractivity contribution >= 4 is 23.3 Å². The van der Waals surface area contributed by atoms with Crippen molar-refractivity contribution in [2.45, 2.75) is 38.1 Å². The third kappa shape index (κ3) is 3.06. The first-order chi connectivity index (χ1) is 9.72. The number of hydrogen-bond donors (Lipinski definition) is 1. The van der Waals surface area contributed by atoms with Gasteiger partial charge in [0.05, 0.1) is 5.02 Å². The zero-order chi connectivity index (χ0) is 13.9. The fourth-order valence-corrected chi connectivity index (χ4v) is 2.96. The Hall–Kier alpha value is -1.29. The van der Waals surface area contributed by atoms with E-state index in [2.05, 4.69) is 15.2 Å². The monoisotopic (exact) mass is 293 g/mol. The molecule has 108 valence electrons. The summed E-state index contributed by atoms with van der Waals surface area (Å²) in [5, 5.41) is 3.85. The number of amides is 1. The minimum Gasteiger partial charge on any atom is -0.355 e. The first kappa shape index (κ1) is 13.7. The Balaban J connectivity index is 1.58. The lowest BCUT2D eigenvalue weighted by Crippen LogP contribution is -2.50. The van der Waals surface area contributed by atoms with E-state index in [9.17, 15) is 4.79 Å². The summed E-state index contributed by atoms with van der Waals surface area (Å²) in [5.74, 6) is 1.45. The molecule has 1 N–H and O–H groups in total. The van der Waals surface area contributed by atoms with Crippen molar-refractivity contribution in [1.82, 2.24) is 10.3 Å². The molecule has 1 saturated carbocycles. The SMILES string of the molecule is O=C(NC1CCCN(c2ccc(Cl)cn2)C1)C1CCC1. The number of nitrogens with one attached hydrogen (secondary N) is 1. The molecule has 2 aliphatic rings. The van der Waals surface area contributed by atoms with Crippen molar-refractivity contribution in [3.05, 3.63) is 23.4 Å². The molecule has 0 radical (unpaired) electrons. The summed E-state index contributed by atoms with van der Waals surface area (Å²) in [7, 11) is 0. The van der Waals surface area contributed by atoms with E-state index < -0.39 is 0 Å². The lowest BCUT2D eigenvalue weighted by Gasteiger charge is -2.35. The van der Waals surface area contributed by atoms with Crippen LogP contribution >= 0.6 is 11.6 Å². The van der Waals surface area contributed by atoms with Crippen LogP contribution in [0, 0.1) is 5.92 Å². The van der Waals surface area contributed by atoms with Crippen molar-refractivity contribution in [3.63, 3.8) is 0 Å². The molecule has 4 nitrogen and oxygen atoms in total. The number of rotatable bonds is 3. The van der Waals surface area contributed by atoms with Gasteiger partial charge >= 0.3 is 0 Å². The van der Waals surface area contributed by atoms with E-state index in [-0.39, 0.29) is 17.9 Å². The Morgan fingerprint density at radius 1 is 1.30 bits per heavy atom. The molecule has 1 saturated heterocycles. The molecule has 1 aliphatic carbocycles. The van der Waals surface area contributed by atoms with Gasteiger partial charge in [-0.05, 0) is 37.8 Å². The zero-order valence-corrected chi connectivity index (χ0v) is 12.3. The Labute approximate surface area is 124 Å². The highest BCUT2D eigenvalue weighted by atomic mass is 35.5. The minimum atomic E-state index is 0.243. The molecule has 2 heterocycles. The van der Waals surface area contributed by atoms with Crippen LogP contribution < -0.4 is 10.2 Å². The number of halogens is 1. The van der Waals surface area contributed by atoms with E-state index >= 15 is 0 Å². The van der Waals surface area contributed by atoms with Crippen molar-refractivity contribution in [1.29, 1.82) is 0 Å². The second-order valence-electron chi connectivity index (χ2n) is 5.76. The van der Waals surface area contributed by atoms with Gasteiger partial charge in [0, 0.05) is 31.2 Å². The number of pyridine rings is 1. The second kappa shape index (κ2) is 6.00. The number of piperidine rings is 1. The highest BCUT2D eigenvalue weighted by Gasteiger charge is 2.28. The smallest absolute Gasteiger partial charge is 0.223 e. The molecule has 2 fully saturated rings. The van der Waals surface area contributed by atoms with Crippen LogP contribution in [0.5, 0.6) is 0 Å². The first-order valence-corrected chi connectivity index (χ1v) is 7.77. The highest BCUT2D eigenvalue weighted by Crippen LogP contribution is 2.27. The lowest BCUT2D eigenvalue weighted by atomic mass is 9.84. The standard InChI is InChI=1S/C15H20ClN3O/c16-12-6-7-14(17-9-12)19-8-2-5-13(10-19)18-15(20)11-3-1-4-11/h6-7,9,11,13H,1-5,8,10H2,(H,18,20). The molecule has 0 spiro atoms. The average Bonchev–Trinajstić information content (AvgIpc) is 2.37. The van der Waals surface area contributed by atoms with Crippen molar-refractivity contribution in [3.8, 4) is 0 Å². The van der Waals surface area contributed by atoms with E-state index in [0.717, 1.165) is 44.6 Å². The molecular formula is C15H20ClN3O. The average molecular weight is 294 g/mol. The van der Waals surface area contributed by atoms with E-state index in [1.165, 1.54) is 6.42 Å². The molecule has 3 rings (SSSR count). The third-order valence-corrected chi connectivity index (χ3v) is 4.50. The maximum absolute atomic E-state index is 12.0. The van der Waals surface area contributed by atoms with Crippen LogP contribution in [0.1, 0.15) is 32.1 Å². The molecule has 0 aromatic carbocycles. The summed E-state index contributed by atoms with van der Waals surface area (Å²) in [6, 6.07) is 4.05. The van der Waals surface area contributed by atoms with Crippen LogP contribution in [0.2, 0.25) is 5.02 Å². The number of anilines is 1. The van der Waals surface area contributed by atoms with Crippen molar-refractivity contribution in [2.75, 3.05) is 18.0 Å². The summed E-state index contributed by atoms with van der Waals surface area (Å²) in [6.07, 6.45) is 7.13. The number of carbonyl (C=O) groups is 1. The van der Waals surface area contributed by atoms with Crippen LogP contribution in [0.15, 0.2) is 18.3 Å². The van der Waals surface area contributed by atoms with Crippen LogP contribution in [0.3, 0.4) is 0 Å². The van der Waals surface area contributed by atoms with Gasteiger partial charge in [0.25, 0.3) is 0 Å². The van der Waals surface area contributed by atoms with E-state index in [1.807, 2.05) is 12.1 Å². The van der Waals surface area contributed by atoms with Gasteiger partial charge in [0.1, 0.15) is 5.82 Å². The van der Waals surface area contributed by atoms with Crippen molar-refractivity contribution < 1.29 is 4.79 Å². The minimum absolute atomic E-state index is 0.243. The Kier molecular flexibility index (Phi) is 4.10. The fraction of sp³-hybridized carbons (Fsp3) is 0.600. The molecule has 1 aromatic rings. The topological polar surface area (TPSA) is 45.2 Å². The molecule has 0 bridgehead atoms. The van der Waals surface area contributed by atoms with E-state index in [1.54, 1.807) is 6.20 Å². The molecule has 1 aliphatic heterocycles. The van der Waals surface area contributed by atoms with Crippen LogP contribution in [-0.2, 0) is 4.79 Å². The summed E-state index contributed by atoms with van der Waals surface area (Å²) < 4.78 is 0. The molecule has 1 atom stereocenters. The third-order valence-electron chi connectivity index (χ3n) is 4.28. The summed E-state index contributed by atoms with van der Waals surface area (Å²) >= 11 is 5.87. The van der Waals surface area contributed by atoms with E-state index in [4.69, 9.17) is 11.6 Å². The van der Waals surface area contributed by atoms with Crippen LogP contribution in [0.4, 0.5) is 5.82 Å². The van der Waals surface area contributed by atoms with Gasteiger partial charge in [-0.3, -0.25) is 4.79 Å². The molecule has 5 heteroatoms. The quantitative estimate of drug-likeness (QED) is 0.932. The van der Waals surface area contributed by atoms with Gasteiger partial charge in [-0.1, -0.05) is 18.0 Å². The molecule has 1 unspecified atom stereocenters.